The zero-order chi connectivity index (χ0) is 13.0. The van der Waals surface area contributed by atoms with Gasteiger partial charge in [0.25, 0.3) is 0 Å². The monoisotopic (exact) mass is 270 g/mol. The lowest BCUT2D eigenvalue weighted by Crippen LogP contribution is -2.17. The maximum atomic E-state index is 10.5. The van der Waals surface area contributed by atoms with E-state index >= 15 is 0 Å². The number of aromatic nitrogens is 1. The zero-order valence-electron chi connectivity index (χ0n) is 10.4. The van der Waals surface area contributed by atoms with E-state index in [1.807, 2.05) is 5.38 Å². The second kappa shape index (κ2) is 6.15. The van der Waals surface area contributed by atoms with E-state index in [1.165, 1.54) is 0 Å². The highest BCUT2D eigenvalue weighted by molar-refractivity contribution is 7.13. The molecule has 6 heteroatoms. The summed E-state index contributed by atoms with van der Waals surface area (Å²) < 4.78 is 5.33. The number of aliphatic carboxylic acids is 1. The Kier molecular flexibility index (Phi) is 4.54. The normalized spacial score (nSPS) is 23.2. The molecule has 1 aliphatic carbocycles. The molecule has 0 bridgehead atoms. The van der Waals surface area contributed by atoms with Gasteiger partial charge in [-0.05, 0) is 19.3 Å². The van der Waals surface area contributed by atoms with Crippen LogP contribution in [0.2, 0.25) is 0 Å². The predicted molar refractivity (Wildman–Crippen MR) is 70.1 cm³/mol. The number of aryl methyl sites for hydroxylation is 1. The van der Waals surface area contributed by atoms with E-state index < -0.39 is 5.97 Å². The number of rotatable bonds is 6. The van der Waals surface area contributed by atoms with Crippen LogP contribution in [0.15, 0.2) is 5.38 Å². The van der Waals surface area contributed by atoms with Crippen LogP contribution in [0, 0.1) is 0 Å². The van der Waals surface area contributed by atoms with Crippen LogP contribution in [0.4, 0.5) is 5.13 Å². The fraction of sp³-hybridized carbons (Fsp3) is 0.667. The molecule has 0 radical (unpaired) electrons. The van der Waals surface area contributed by atoms with E-state index in [-0.39, 0.29) is 6.42 Å². The summed E-state index contributed by atoms with van der Waals surface area (Å²) in [4.78, 5) is 14.9. The van der Waals surface area contributed by atoms with Crippen LogP contribution in [0.5, 0.6) is 0 Å². The first-order valence-electron chi connectivity index (χ1n) is 6.13. The molecule has 2 atom stereocenters. The molecule has 1 fully saturated rings. The van der Waals surface area contributed by atoms with Gasteiger partial charge in [0.15, 0.2) is 5.13 Å². The molecule has 18 heavy (non-hydrogen) atoms. The van der Waals surface area contributed by atoms with Gasteiger partial charge < -0.3 is 15.2 Å². The molecule has 1 aromatic heterocycles. The minimum Gasteiger partial charge on any atom is -0.481 e. The highest BCUT2D eigenvalue weighted by atomic mass is 32.1. The molecule has 1 saturated carbocycles. The summed E-state index contributed by atoms with van der Waals surface area (Å²) in [5, 5.41) is 14.8. The molecule has 0 saturated heterocycles. The molecule has 2 N–H and O–H groups in total. The minimum atomic E-state index is -0.781. The third-order valence-corrected chi connectivity index (χ3v) is 4.01. The average molecular weight is 270 g/mol. The highest BCUT2D eigenvalue weighted by Gasteiger charge is 2.24. The summed E-state index contributed by atoms with van der Waals surface area (Å²) in [7, 11) is 1.75. The third kappa shape index (κ3) is 3.68. The summed E-state index contributed by atoms with van der Waals surface area (Å²) in [5.41, 5.74) is 0.853. The number of nitrogens with zero attached hydrogens (tertiary/aromatic N) is 1. The van der Waals surface area contributed by atoms with Crippen molar-refractivity contribution in [3.63, 3.8) is 0 Å². The molecular weight excluding hydrogens is 252 g/mol. The molecule has 0 spiro atoms. The Hall–Kier alpha value is -1.14. The second-order valence-corrected chi connectivity index (χ2v) is 5.41. The van der Waals surface area contributed by atoms with Gasteiger partial charge in [-0.1, -0.05) is 0 Å². The lowest BCUT2D eigenvalue weighted by Gasteiger charge is -2.11. The minimum absolute atomic E-state index is 0.137. The fourth-order valence-electron chi connectivity index (χ4n) is 2.18. The first-order valence-corrected chi connectivity index (χ1v) is 7.01. The van der Waals surface area contributed by atoms with E-state index in [0.717, 1.165) is 30.1 Å². The van der Waals surface area contributed by atoms with Gasteiger partial charge in [-0.25, -0.2) is 4.98 Å². The van der Waals surface area contributed by atoms with Crippen LogP contribution >= 0.6 is 11.3 Å². The number of anilines is 1. The van der Waals surface area contributed by atoms with Gasteiger partial charge in [0.2, 0.25) is 0 Å². The van der Waals surface area contributed by atoms with Crippen LogP contribution in [0.3, 0.4) is 0 Å². The lowest BCUT2D eigenvalue weighted by molar-refractivity contribution is -0.136. The molecule has 2 rings (SSSR count). The number of hydrogen-bond acceptors (Lipinski definition) is 5. The number of hydrogen-bond donors (Lipinski definition) is 2. The summed E-state index contributed by atoms with van der Waals surface area (Å²) >= 11 is 1.54. The predicted octanol–water partition coefficient (Wildman–Crippen LogP) is 2.14. The lowest BCUT2D eigenvalue weighted by atomic mass is 10.2. The van der Waals surface area contributed by atoms with Gasteiger partial charge >= 0.3 is 5.97 Å². The molecule has 2 unspecified atom stereocenters. The smallest absolute Gasteiger partial charge is 0.303 e. The molecule has 100 valence electrons. The van der Waals surface area contributed by atoms with Crippen molar-refractivity contribution >= 4 is 22.4 Å². The molecule has 0 aliphatic heterocycles. The van der Waals surface area contributed by atoms with E-state index in [9.17, 15) is 4.79 Å². The Morgan fingerprint density at radius 3 is 3.17 bits per heavy atom. The fourth-order valence-corrected chi connectivity index (χ4v) is 3.01. The van der Waals surface area contributed by atoms with Crippen LogP contribution in [-0.2, 0) is 16.0 Å². The van der Waals surface area contributed by atoms with Gasteiger partial charge in [0, 0.05) is 25.0 Å². The molecule has 1 heterocycles. The number of ether oxygens (including phenoxy) is 1. The van der Waals surface area contributed by atoms with Crippen LogP contribution in [0.25, 0.3) is 0 Å². The Bertz CT molecular complexity index is 408. The van der Waals surface area contributed by atoms with Gasteiger partial charge in [0.1, 0.15) is 0 Å². The second-order valence-electron chi connectivity index (χ2n) is 4.55. The Morgan fingerprint density at radius 1 is 1.67 bits per heavy atom. The number of nitrogens with one attached hydrogen (secondary N) is 1. The van der Waals surface area contributed by atoms with Crippen molar-refractivity contribution in [2.45, 2.75) is 44.2 Å². The number of thiazole rings is 1. The van der Waals surface area contributed by atoms with Crippen LogP contribution in [0.1, 0.15) is 31.4 Å². The molecule has 5 nitrogen and oxygen atoms in total. The summed E-state index contributed by atoms with van der Waals surface area (Å²) in [6.07, 6.45) is 4.19. The standard InChI is InChI=1S/C12H18N2O3S/c1-17-10-4-2-8(6-10)13-12-14-9(7-18-12)3-5-11(15)16/h7-8,10H,2-6H2,1H3,(H,13,14)(H,15,16). The van der Waals surface area contributed by atoms with Gasteiger partial charge in [0.05, 0.1) is 18.2 Å². The topological polar surface area (TPSA) is 71.5 Å². The van der Waals surface area contributed by atoms with Crippen molar-refractivity contribution in [3.8, 4) is 0 Å². The summed E-state index contributed by atoms with van der Waals surface area (Å²) in [6, 6.07) is 0.424. The van der Waals surface area contributed by atoms with Crippen molar-refractivity contribution in [3.05, 3.63) is 11.1 Å². The van der Waals surface area contributed by atoms with Crippen molar-refractivity contribution in [1.82, 2.24) is 4.98 Å². The Labute approximate surface area is 110 Å². The largest absolute Gasteiger partial charge is 0.481 e. The van der Waals surface area contributed by atoms with Crippen LogP contribution < -0.4 is 5.32 Å². The van der Waals surface area contributed by atoms with Crippen molar-refractivity contribution < 1.29 is 14.6 Å². The molecule has 0 amide bonds. The molecule has 1 aliphatic rings. The van der Waals surface area contributed by atoms with E-state index in [4.69, 9.17) is 9.84 Å². The maximum Gasteiger partial charge on any atom is 0.303 e. The van der Waals surface area contributed by atoms with Gasteiger partial charge in [-0.2, -0.15) is 0 Å². The highest BCUT2D eigenvalue weighted by Crippen LogP contribution is 2.26. The quantitative estimate of drug-likeness (QED) is 0.828. The first-order chi connectivity index (χ1) is 8.67. The summed E-state index contributed by atoms with van der Waals surface area (Å²) in [6.45, 7) is 0. The zero-order valence-corrected chi connectivity index (χ0v) is 11.2. The number of carboxylic acid groups (broad SMARTS) is 1. The van der Waals surface area contributed by atoms with E-state index in [0.29, 0.717) is 18.6 Å². The van der Waals surface area contributed by atoms with Gasteiger partial charge in [-0.15, -0.1) is 11.3 Å². The third-order valence-electron chi connectivity index (χ3n) is 3.19. The molecule has 0 aromatic carbocycles. The maximum absolute atomic E-state index is 10.5. The number of methoxy groups -OCH3 is 1. The SMILES string of the molecule is COC1CCC(Nc2nc(CCC(=O)O)cs2)C1. The Morgan fingerprint density at radius 2 is 2.50 bits per heavy atom. The van der Waals surface area contributed by atoms with Crippen molar-refractivity contribution in [2.75, 3.05) is 12.4 Å². The molecular formula is C12H18N2O3S. The summed E-state index contributed by atoms with van der Waals surface area (Å²) in [5.74, 6) is -0.781. The van der Waals surface area contributed by atoms with E-state index in [2.05, 4.69) is 10.3 Å². The first kappa shape index (κ1) is 13.3. The average Bonchev–Trinajstić information content (AvgIpc) is 2.96. The van der Waals surface area contributed by atoms with Crippen molar-refractivity contribution in [1.29, 1.82) is 0 Å². The van der Waals surface area contributed by atoms with Gasteiger partial charge in [-0.3, -0.25) is 4.79 Å². The Balaban J connectivity index is 1.81. The van der Waals surface area contributed by atoms with Crippen LogP contribution in [-0.4, -0.2) is 35.3 Å². The van der Waals surface area contributed by atoms with E-state index in [1.54, 1.807) is 18.4 Å². The molecule has 1 aromatic rings. The van der Waals surface area contributed by atoms with Crippen molar-refractivity contribution in [2.24, 2.45) is 0 Å². The number of carbonyl (C=O) groups is 1. The number of carboxylic acids is 1.